The van der Waals surface area contributed by atoms with Gasteiger partial charge in [0.15, 0.2) is 5.82 Å². The monoisotopic (exact) mass is 400 g/mol. The SMILES string of the molecule is Cc1ncc(-c2cc(Cl)c3c(N)ncnn23)cc1N1CC(C)OC(C)(C)C1=O. The second-order valence-electron chi connectivity index (χ2n) is 7.47. The molecule has 0 saturated carbocycles. The van der Waals surface area contributed by atoms with Crippen molar-refractivity contribution in [1.29, 1.82) is 0 Å². The smallest absolute Gasteiger partial charge is 0.258 e. The van der Waals surface area contributed by atoms with Gasteiger partial charge in [-0.1, -0.05) is 11.6 Å². The Morgan fingerprint density at radius 1 is 1.32 bits per heavy atom. The van der Waals surface area contributed by atoms with Crippen molar-refractivity contribution in [3.63, 3.8) is 0 Å². The first-order chi connectivity index (χ1) is 13.2. The molecule has 1 aliphatic heterocycles. The molecule has 1 amide bonds. The molecule has 1 unspecified atom stereocenters. The summed E-state index contributed by atoms with van der Waals surface area (Å²) in [5.74, 6) is 0.197. The Bertz CT molecular complexity index is 1090. The van der Waals surface area contributed by atoms with Crippen molar-refractivity contribution < 1.29 is 9.53 Å². The number of anilines is 2. The number of rotatable bonds is 2. The van der Waals surface area contributed by atoms with Crippen molar-refractivity contribution in [1.82, 2.24) is 19.6 Å². The van der Waals surface area contributed by atoms with Gasteiger partial charge >= 0.3 is 0 Å². The number of fused-ring (bicyclic) bond motifs is 1. The van der Waals surface area contributed by atoms with Gasteiger partial charge < -0.3 is 15.4 Å². The molecule has 1 fully saturated rings. The van der Waals surface area contributed by atoms with E-state index in [2.05, 4.69) is 15.1 Å². The first-order valence-corrected chi connectivity index (χ1v) is 9.31. The number of nitrogens with zero attached hydrogens (tertiary/aromatic N) is 5. The van der Waals surface area contributed by atoms with E-state index in [1.165, 1.54) is 6.33 Å². The van der Waals surface area contributed by atoms with Crippen molar-refractivity contribution in [2.45, 2.75) is 39.4 Å². The zero-order valence-electron chi connectivity index (χ0n) is 16.1. The fourth-order valence-corrected chi connectivity index (χ4v) is 3.91. The van der Waals surface area contributed by atoms with Crippen LogP contribution in [0.4, 0.5) is 11.5 Å². The van der Waals surface area contributed by atoms with Gasteiger partial charge in [-0.05, 0) is 39.8 Å². The van der Waals surface area contributed by atoms with E-state index >= 15 is 0 Å². The summed E-state index contributed by atoms with van der Waals surface area (Å²) < 4.78 is 7.44. The molecule has 0 bridgehead atoms. The van der Waals surface area contributed by atoms with E-state index in [1.54, 1.807) is 35.5 Å². The molecule has 0 spiro atoms. The van der Waals surface area contributed by atoms with Gasteiger partial charge in [-0.25, -0.2) is 9.50 Å². The van der Waals surface area contributed by atoms with Crippen LogP contribution < -0.4 is 10.6 Å². The number of amides is 1. The molecule has 146 valence electrons. The molecule has 0 aliphatic carbocycles. The first kappa shape index (κ1) is 18.6. The van der Waals surface area contributed by atoms with Crippen LogP contribution in [0.25, 0.3) is 16.8 Å². The summed E-state index contributed by atoms with van der Waals surface area (Å²) in [6.45, 7) is 7.85. The second-order valence-corrected chi connectivity index (χ2v) is 7.87. The largest absolute Gasteiger partial charge is 0.382 e. The van der Waals surface area contributed by atoms with Gasteiger partial charge in [0.05, 0.1) is 34.7 Å². The van der Waals surface area contributed by atoms with Crippen molar-refractivity contribution in [3.05, 3.63) is 35.4 Å². The molecule has 1 saturated heterocycles. The van der Waals surface area contributed by atoms with Crippen LogP contribution in [-0.2, 0) is 9.53 Å². The molecule has 28 heavy (non-hydrogen) atoms. The lowest BCUT2D eigenvalue weighted by Crippen LogP contribution is -2.56. The number of ether oxygens (including phenoxy) is 1. The maximum atomic E-state index is 13.0. The lowest BCUT2D eigenvalue weighted by Gasteiger charge is -2.41. The molecule has 1 atom stereocenters. The highest BCUT2D eigenvalue weighted by Crippen LogP contribution is 2.34. The first-order valence-electron chi connectivity index (χ1n) is 8.93. The van der Waals surface area contributed by atoms with Gasteiger partial charge in [0.2, 0.25) is 0 Å². The van der Waals surface area contributed by atoms with Crippen molar-refractivity contribution >= 4 is 34.5 Å². The molecule has 8 nitrogen and oxygen atoms in total. The molecular weight excluding hydrogens is 380 g/mol. The lowest BCUT2D eigenvalue weighted by atomic mass is 10.0. The molecule has 4 heterocycles. The Morgan fingerprint density at radius 2 is 2.07 bits per heavy atom. The lowest BCUT2D eigenvalue weighted by molar-refractivity contribution is -0.153. The highest BCUT2D eigenvalue weighted by molar-refractivity contribution is 6.35. The second kappa shape index (κ2) is 6.42. The molecule has 2 N–H and O–H groups in total. The van der Waals surface area contributed by atoms with Gasteiger partial charge in [-0.15, -0.1) is 0 Å². The standard InChI is InChI=1S/C19H21ClN6O2/c1-10-8-25(18(27)19(3,4)28-10)14-5-12(7-22-11(14)2)15-6-13(20)16-17(21)23-9-24-26(15)16/h5-7,9-10H,8H2,1-4H3,(H2,21,23,24). The summed E-state index contributed by atoms with van der Waals surface area (Å²) in [6, 6.07) is 3.69. The third-order valence-electron chi connectivity index (χ3n) is 4.88. The van der Waals surface area contributed by atoms with Crippen LogP contribution in [0.15, 0.2) is 24.7 Å². The van der Waals surface area contributed by atoms with Crippen LogP contribution in [0.5, 0.6) is 0 Å². The van der Waals surface area contributed by atoms with Gasteiger partial charge in [0.25, 0.3) is 5.91 Å². The third kappa shape index (κ3) is 2.89. The van der Waals surface area contributed by atoms with E-state index in [0.717, 1.165) is 22.6 Å². The molecule has 3 aromatic rings. The number of morpholine rings is 1. The number of nitrogens with two attached hydrogens (primary N) is 1. The molecule has 0 aromatic carbocycles. The number of carbonyl (C=O) groups excluding carboxylic acids is 1. The third-order valence-corrected chi connectivity index (χ3v) is 5.17. The fourth-order valence-electron chi connectivity index (χ4n) is 3.63. The van der Waals surface area contributed by atoms with Gasteiger partial charge in [-0.2, -0.15) is 5.10 Å². The number of pyridine rings is 1. The van der Waals surface area contributed by atoms with E-state index in [9.17, 15) is 4.79 Å². The normalized spacial score (nSPS) is 19.4. The highest BCUT2D eigenvalue weighted by atomic mass is 35.5. The summed E-state index contributed by atoms with van der Waals surface area (Å²) in [5.41, 5.74) is 8.56. The quantitative estimate of drug-likeness (QED) is 0.710. The van der Waals surface area contributed by atoms with Crippen LogP contribution in [0.3, 0.4) is 0 Å². The molecule has 4 rings (SSSR count). The summed E-state index contributed by atoms with van der Waals surface area (Å²) in [4.78, 5) is 23.2. The summed E-state index contributed by atoms with van der Waals surface area (Å²) in [5, 5.41) is 4.72. The maximum Gasteiger partial charge on any atom is 0.258 e. The Balaban J connectivity index is 1.85. The highest BCUT2D eigenvalue weighted by Gasteiger charge is 2.41. The minimum Gasteiger partial charge on any atom is -0.382 e. The van der Waals surface area contributed by atoms with E-state index in [1.807, 2.05) is 19.9 Å². The van der Waals surface area contributed by atoms with Gasteiger partial charge in [-0.3, -0.25) is 9.78 Å². The maximum absolute atomic E-state index is 13.0. The summed E-state index contributed by atoms with van der Waals surface area (Å²) >= 11 is 6.35. The predicted molar refractivity (Wildman–Crippen MR) is 107 cm³/mol. The topological polar surface area (TPSA) is 98.6 Å². The van der Waals surface area contributed by atoms with E-state index in [0.29, 0.717) is 22.9 Å². The molecule has 9 heteroatoms. The number of aromatic nitrogens is 4. The number of aryl methyl sites for hydroxylation is 1. The Labute approximate surface area is 167 Å². The van der Waals surface area contributed by atoms with Crippen LogP contribution >= 0.6 is 11.6 Å². The average molecular weight is 401 g/mol. The summed E-state index contributed by atoms with van der Waals surface area (Å²) in [6.07, 6.45) is 3.02. The van der Waals surface area contributed by atoms with Crippen molar-refractivity contribution in [3.8, 4) is 11.3 Å². The van der Waals surface area contributed by atoms with Crippen LogP contribution in [0, 0.1) is 6.92 Å². The zero-order chi connectivity index (χ0) is 20.2. The Hall–Kier alpha value is -2.71. The summed E-state index contributed by atoms with van der Waals surface area (Å²) in [7, 11) is 0. The van der Waals surface area contributed by atoms with Gasteiger partial charge in [0.1, 0.15) is 17.4 Å². The van der Waals surface area contributed by atoms with Gasteiger partial charge in [0, 0.05) is 11.8 Å². The number of halogens is 1. The zero-order valence-corrected chi connectivity index (χ0v) is 16.9. The minimum absolute atomic E-state index is 0.0909. The minimum atomic E-state index is -0.896. The van der Waals surface area contributed by atoms with E-state index in [-0.39, 0.29) is 12.0 Å². The van der Waals surface area contributed by atoms with Crippen LogP contribution in [0.1, 0.15) is 26.5 Å². The Kier molecular flexibility index (Phi) is 4.28. The van der Waals surface area contributed by atoms with Crippen molar-refractivity contribution in [2.24, 2.45) is 0 Å². The molecule has 0 radical (unpaired) electrons. The Morgan fingerprint density at radius 3 is 2.82 bits per heavy atom. The average Bonchev–Trinajstić information content (AvgIpc) is 2.96. The van der Waals surface area contributed by atoms with Crippen LogP contribution in [0.2, 0.25) is 5.02 Å². The van der Waals surface area contributed by atoms with Crippen LogP contribution in [-0.4, -0.2) is 43.7 Å². The van der Waals surface area contributed by atoms with Crippen molar-refractivity contribution in [2.75, 3.05) is 17.2 Å². The molecule has 3 aromatic heterocycles. The predicted octanol–water partition coefficient (Wildman–Crippen LogP) is 2.87. The van der Waals surface area contributed by atoms with E-state index < -0.39 is 5.60 Å². The number of hydrogen-bond acceptors (Lipinski definition) is 6. The number of hydrogen-bond donors (Lipinski definition) is 1. The molecular formula is C19H21ClN6O2. The number of carbonyl (C=O) groups is 1. The van der Waals surface area contributed by atoms with E-state index in [4.69, 9.17) is 22.1 Å². The molecule has 1 aliphatic rings. The number of nitrogen functional groups attached to an aromatic ring is 1. The fraction of sp³-hybridized carbons (Fsp3) is 0.368.